The quantitative estimate of drug-likeness (QED) is 0.0269. The van der Waals surface area contributed by atoms with Crippen LogP contribution in [0, 0.1) is 0 Å². The molecule has 0 bridgehead atoms. The minimum atomic E-state index is -4.39. The molecule has 0 rings (SSSR count). The minimum absolute atomic E-state index is 0.0443. The van der Waals surface area contributed by atoms with Crippen LogP contribution in [0.3, 0.4) is 0 Å². The molecule has 0 amide bonds. The summed E-state index contributed by atoms with van der Waals surface area (Å²) < 4.78 is 32.7. The van der Waals surface area contributed by atoms with Gasteiger partial charge in [0, 0.05) is 19.4 Å². The number of rotatable bonds is 40. The Hall–Kier alpha value is -2.03. The number of hydrogen-bond donors (Lipinski definition) is 2. The lowest BCUT2D eigenvalue weighted by molar-refractivity contribution is -0.161. The molecule has 9 nitrogen and oxygen atoms in total. The highest BCUT2D eigenvalue weighted by Gasteiger charge is 2.25. The van der Waals surface area contributed by atoms with Crippen LogP contribution in [0.4, 0.5) is 0 Å². The second-order valence-electron chi connectivity index (χ2n) is 14.2. The van der Waals surface area contributed by atoms with Gasteiger partial charge in [0.25, 0.3) is 0 Å². The highest BCUT2D eigenvalue weighted by atomic mass is 31.2. The molecule has 0 aliphatic rings. The number of nitrogens with two attached hydrogens (primary N) is 1. The molecule has 10 heteroatoms. The molecule has 0 aromatic heterocycles. The smallest absolute Gasteiger partial charge is 0.462 e. The van der Waals surface area contributed by atoms with Gasteiger partial charge in [-0.25, -0.2) is 4.57 Å². The van der Waals surface area contributed by atoms with E-state index in [4.69, 9.17) is 24.3 Å². The third-order valence-corrected chi connectivity index (χ3v) is 9.95. The number of unbranched alkanes of at least 4 members (excludes halogenated alkanes) is 19. The van der Waals surface area contributed by atoms with Crippen LogP contribution in [-0.4, -0.2) is 49.3 Å². The van der Waals surface area contributed by atoms with E-state index >= 15 is 0 Å². The third kappa shape index (κ3) is 39.7. The molecule has 54 heavy (non-hydrogen) atoms. The molecular weight excluding hydrogens is 701 g/mol. The number of ether oxygens (including phenoxy) is 2. The average molecular weight is 782 g/mol. The maximum absolute atomic E-state index is 12.5. The molecule has 0 spiro atoms. The second kappa shape index (κ2) is 40.6. The topological polar surface area (TPSA) is 134 Å². The van der Waals surface area contributed by atoms with Crippen LogP contribution in [0.25, 0.3) is 0 Å². The first-order valence-electron chi connectivity index (χ1n) is 21.6. The molecule has 0 radical (unpaired) electrons. The van der Waals surface area contributed by atoms with Crippen molar-refractivity contribution in [2.75, 3.05) is 26.4 Å². The lowest BCUT2D eigenvalue weighted by Crippen LogP contribution is -2.29. The van der Waals surface area contributed by atoms with E-state index < -0.39 is 32.5 Å². The molecule has 0 aromatic carbocycles. The summed E-state index contributed by atoms with van der Waals surface area (Å²) in [6, 6.07) is 0. The van der Waals surface area contributed by atoms with E-state index in [1.807, 2.05) is 6.08 Å². The molecule has 0 aromatic rings. The number of carbonyl (C=O) groups is 2. The predicted octanol–water partition coefficient (Wildman–Crippen LogP) is 12.3. The van der Waals surface area contributed by atoms with Crippen molar-refractivity contribution in [3.63, 3.8) is 0 Å². The lowest BCUT2D eigenvalue weighted by Gasteiger charge is -2.19. The molecular formula is C44H80NO8P. The Bertz CT molecular complexity index is 1030. The Morgan fingerprint density at radius 1 is 0.556 bits per heavy atom. The van der Waals surface area contributed by atoms with Gasteiger partial charge in [-0.3, -0.25) is 18.6 Å². The first-order valence-corrected chi connectivity index (χ1v) is 23.1. The predicted molar refractivity (Wildman–Crippen MR) is 224 cm³/mol. The van der Waals surface area contributed by atoms with Crippen LogP contribution in [-0.2, 0) is 32.7 Å². The highest BCUT2D eigenvalue weighted by Crippen LogP contribution is 2.43. The lowest BCUT2D eigenvalue weighted by atomic mass is 10.0. The van der Waals surface area contributed by atoms with E-state index in [1.165, 1.54) is 109 Å². The zero-order chi connectivity index (χ0) is 39.6. The molecule has 0 fully saturated rings. The Morgan fingerprint density at radius 2 is 0.981 bits per heavy atom. The van der Waals surface area contributed by atoms with Crippen molar-refractivity contribution in [3.05, 3.63) is 48.6 Å². The zero-order valence-corrected chi connectivity index (χ0v) is 35.3. The molecule has 0 saturated carbocycles. The van der Waals surface area contributed by atoms with Crippen LogP contribution in [0.15, 0.2) is 48.6 Å². The average Bonchev–Trinajstić information content (AvgIpc) is 3.16. The number of allylic oxidation sites excluding steroid dienone is 8. The van der Waals surface area contributed by atoms with Crippen LogP contribution < -0.4 is 5.73 Å². The van der Waals surface area contributed by atoms with Gasteiger partial charge in [-0.1, -0.05) is 172 Å². The molecule has 3 N–H and O–H groups in total. The molecule has 1 unspecified atom stereocenters. The third-order valence-electron chi connectivity index (χ3n) is 8.97. The zero-order valence-electron chi connectivity index (χ0n) is 34.4. The van der Waals surface area contributed by atoms with Crippen molar-refractivity contribution in [1.82, 2.24) is 0 Å². The Labute approximate surface area is 330 Å². The number of hydrogen-bond acceptors (Lipinski definition) is 8. The summed E-state index contributed by atoms with van der Waals surface area (Å²) >= 11 is 0. The van der Waals surface area contributed by atoms with Crippen LogP contribution >= 0.6 is 7.82 Å². The molecule has 0 aliphatic heterocycles. The van der Waals surface area contributed by atoms with E-state index in [0.717, 1.165) is 38.5 Å². The number of esters is 2. The molecule has 2 atom stereocenters. The monoisotopic (exact) mass is 782 g/mol. The van der Waals surface area contributed by atoms with E-state index in [0.29, 0.717) is 12.8 Å². The number of phosphoric ester groups is 1. The summed E-state index contributed by atoms with van der Waals surface area (Å²) in [4.78, 5) is 34.8. The molecule has 0 saturated heterocycles. The first-order chi connectivity index (χ1) is 26.3. The Balaban J connectivity index is 4.25. The number of phosphoric acid groups is 1. The minimum Gasteiger partial charge on any atom is -0.462 e. The van der Waals surface area contributed by atoms with Gasteiger partial charge in [-0.15, -0.1) is 0 Å². The van der Waals surface area contributed by atoms with Gasteiger partial charge in [0.05, 0.1) is 13.2 Å². The van der Waals surface area contributed by atoms with Gasteiger partial charge >= 0.3 is 19.8 Å². The van der Waals surface area contributed by atoms with Crippen molar-refractivity contribution in [2.45, 2.75) is 193 Å². The molecule has 0 aliphatic carbocycles. The Kier molecular flexibility index (Phi) is 39.1. The maximum atomic E-state index is 12.5. The van der Waals surface area contributed by atoms with E-state index in [1.54, 1.807) is 0 Å². The highest BCUT2D eigenvalue weighted by molar-refractivity contribution is 7.47. The van der Waals surface area contributed by atoms with Gasteiger partial charge in [0.15, 0.2) is 6.10 Å². The fraction of sp³-hybridized carbons (Fsp3) is 0.773. The summed E-state index contributed by atoms with van der Waals surface area (Å²) in [6.07, 6.45) is 45.8. The normalized spacial score (nSPS) is 13.8. The van der Waals surface area contributed by atoms with Gasteiger partial charge in [0.1, 0.15) is 6.61 Å². The SMILES string of the molecule is CCCCCCCCC/C=C/C/C=C/C/C=C/C/C=C/CCCC(=O)O[C@H](COC(=O)CCCCCCCCCCCCCC)COP(=O)(O)OCCN. The summed E-state index contributed by atoms with van der Waals surface area (Å²) in [7, 11) is -4.39. The standard InChI is InChI=1S/C44H80NO8P/c1-3-5-7-9-11-13-15-17-18-19-20-21-22-23-24-25-27-29-31-33-35-37-44(47)53-42(41-52-54(48,49)51-39-38-45)40-50-43(46)36-34-32-30-28-26-16-14-12-10-8-6-4-2/h18-19,21-22,24-25,29,31,42H,3-17,20,23,26-28,30,32-41,45H2,1-2H3,(H,48,49)/b19-18+,22-21+,25-24+,31-29+/t42-/m1/s1. The van der Waals surface area contributed by atoms with Gasteiger partial charge in [-0.05, 0) is 51.4 Å². The van der Waals surface area contributed by atoms with Crippen molar-refractivity contribution >= 4 is 19.8 Å². The molecule has 314 valence electrons. The van der Waals surface area contributed by atoms with E-state index in [-0.39, 0.29) is 32.6 Å². The summed E-state index contributed by atoms with van der Waals surface area (Å²) in [5, 5.41) is 0. The summed E-state index contributed by atoms with van der Waals surface area (Å²) in [5.74, 6) is -0.893. The maximum Gasteiger partial charge on any atom is 0.472 e. The van der Waals surface area contributed by atoms with E-state index in [2.05, 4.69) is 56.4 Å². The summed E-state index contributed by atoms with van der Waals surface area (Å²) in [5.41, 5.74) is 5.34. The van der Waals surface area contributed by atoms with Gasteiger partial charge in [0.2, 0.25) is 0 Å². The fourth-order valence-electron chi connectivity index (χ4n) is 5.74. The van der Waals surface area contributed by atoms with Crippen molar-refractivity contribution < 1.29 is 37.6 Å². The second-order valence-corrected chi connectivity index (χ2v) is 15.7. The largest absolute Gasteiger partial charge is 0.472 e. The number of carbonyl (C=O) groups excluding carboxylic acids is 2. The summed E-state index contributed by atoms with van der Waals surface area (Å²) in [6.45, 7) is 3.66. The van der Waals surface area contributed by atoms with Crippen molar-refractivity contribution in [2.24, 2.45) is 5.73 Å². The van der Waals surface area contributed by atoms with E-state index in [9.17, 15) is 19.0 Å². The van der Waals surface area contributed by atoms with Crippen molar-refractivity contribution in [1.29, 1.82) is 0 Å². The van der Waals surface area contributed by atoms with Gasteiger partial charge < -0.3 is 20.1 Å². The van der Waals surface area contributed by atoms with Crippen LogP contribution in [0.2, 0.25) is 0 Å². The Morgan fingerprint density at radius 3 is 1.48 bits per heavy atom. The van der Waals surface area contributed by atoms with Gasteiger partial charge in [-0.2, -0.15) is 0 Å². The van der Waals surface area contributed by atoms with Crippen LogP contribution in [0.5, 0.6) is 0 Å². The van der Waals surface area contributed by atoms with Crippen LogP contribution in [0.1, 0.15) is 187 Å². The first kappa shape index (κ1) is 52.0. The fourth-order valence-corrected chi connectivity index (χ4v) is 6.51. The molecule has 0 heterocycles. The van der Waals surface area contributed by atoms with Crippen molar-refractivity contribution in [3.8, 4) is 0 Å².